The van der Waals surface area contributed by atoms with E-state index in [4.69, 9.17) is 9.15 Å². The van der Waals surface area contributed by atoms with Crippen molar-refractivity contribution in [1.29, 1.82) is 0 Å². The summed E-state index contributed by atoms with van der Waals surface area (Å²) in [4.78, 5) is 14.9. The van der Waals surface area contributed by atoms with E-state index in [9.17, 15) is 9.90 Å². The summed E-state index contributed by atoms with van der Waals surface area (Å²) in [6.45, 7) is 0. The molecule has 2 atom stereocenters. The van der Waals surface area contributed by atoms with Gasteiger partial charge in [0.2, 0.25) is 5.91 Å². The van der Waals surface area contributed by atoms with Crippen LogP contribution in [0.3, 0.4) is 0 Å². The third-order valence-electron chi connectivity index (χ3n) is 5.57. The minimum atomic E-state index is -0.962. The zero-order valence-electron chi connectivity index (χ0n) is 14.4. The fourth-order valence-electron chi connectivity index (χ4n) is 4.48. The number of nitrogens with zero attached hydrogens (tertiary/aromatic N) is 1. The van der Waals surface area contributed by atoms with Crippen LogP contribution in [0, 0.1) is 0 Å². The number of para-hydroxylation sites is 1. The van der Waals surface area contributed by atoms with Crippen LogP contribution in [0.4, 0.5) is 0 Å². The lowest BCUT2D eigenvalue weighted by Crippen LogP contribution is -2.52. The number of hydrogen-bond donors (Lipinski definition) is 1. The second kappa shape index (κ2) is 6.23. The fourth-order valence-corrected chi connectivity index (χ4v) is 4.48. The number of aliphatic hydroxyl groups is 1. The van der Waals surface area contributed by atoms with Gasteiger partial charge >= 0.3 is 0 Å². The number of piperidine rings is 1. The number of benzene rings is 1. The van der Waals surface area contributed by atoms with Crippen molar-refractivity contribution in [3.05, 3.63) is 54.0 Å². The normalized spacial score (nSPS) is 28.2. The van der Waals surface area contributed by atoms with Gasteiger partial charge in [-0.15, -0.1) is 0 Å². The Bertz CT molecular complexity index is 741. The molecular formula is C20H23NO4. The lowest BCUT2D eigenvalue weighted by atomic mass is 9.84. The first-order valence-electron chi connectivity index (χ1n) is 8.80. The molecule has 2 aliphatic heterocycles. The highest BCUT2D eigenvalue weighted by Gasteiger charge is 2.51. The van der Waals surface area contributed by atoms with Gasteiger partial charge in [-0.1, -0.05) is 18.2 Å². The van der Waals surface area contributed by atoms with Gasteiger partial charge < -0.3 is 19.2 Å². The van der Waals surface area contributed by atoms with E-state index in [1.165, 1.54) is 0 Å². The number of carbonyl (C=O) groups is 1. The van der Waals surface area contributed by atoms with Gasteiger partial charge in [0.15, 0.2) is 0 Å². The Labute approximate surface area is 147 Å². The van der Waals surface area contributed by atoms with Crippen molar-refractivity contribution < 1.29 is 19.1 Å². The minimum absolute atomic E-state index is 0.0658. The molecule has 1 amide bonds. The molecule has 2 aromatic rings. The minimum Gasteiger partial charge on any atom is -0.496 e. The molecule has 0 aliphatic carbocycles. The van der Waals surface area contributed by atoms with E-state index in [0.29, 0.717) is 25.0 Å². The molecule has 2 bridgehead atoms. The molecular weight excluding hydrogens is 318 g/mol. The average molecular weight is 341 g/mol. The lowest BCUT2D eigenvalue weighted by molar-refractivity contribution is -0.142. The SMILES string of the molecule is COc1ccccc1CC(=O)N1[C@@H]2CC[C@@H]1CC(O)(c1ccco1)C2. The molecule has 1 aromatic heterocycles. The molecule has 4 rings (SSSR count). The number of ether oxygens (including phenoxy) is 1. The van der Waals surface area contributed by atoms with E-state index in [2.05, 4.69) is 0 Å². The fraction of sp³-hybridized carbons (Fsp3) is 0.450. The lowest BCUT2D eigenvalue weighted by Gasteiger charge is -2.43. The molecule has 132 valence electrons. The van der Waals surface area contributed by atoms with Crippen LogP contribution in [-0.4, -0.2) is 35.1 Å². The molecule has 0 unspecified atom stereocenters. The van der Waals surface area contributed by atoms with Crippen molar-refractivity contribution in [2.75, 3.05) is 7.11 Å². The van der Waals surface area contributed by atoms with Crippen LogP contribution < -0.4 is 4.74 Å². The van der Waals surface area contributed by atoms with E-state index in [1.807, 2.05) is 35.2 Å². The highest BCUT2D eigenvalue weighted by Crippen LogP contribution is 2.46. The number of methoxy groups -OCH3 is 1. The summed E-state index contributed by atoms with van der Waals surface area (Å²) >= 11 is 0. The number of carbonyl (C=O) groups excluding carboxylic acids is 1. The van der Waals surface area contributed by atoms with Gasteiger partial charge in [0, 0.05) is 30.5 Å². The van der Waals surface area contributed by atoms with E-state index in [1.54, 1.807) is 19.4 Å². The number of fused-ring (bicyclic) bond motifs is 2. The standard InChI is InChI=1S/C20H23NO4/c1-24-17-6-3-2-5-14(17)11-19(22)21-15-8-9-16(21)13-20(23,12-15)18-7-4-10-25-18/h2-7,10,15-16,23H,8-9,11-13H2,1H3/t15-,16-/m1/s1. The number of furan rings is 1. The molecule has 5 heteroatoms. The highest BCUT2D eigenvalue weighted by atomic mass is 16.5. The van der Waals surface area contributed by atoms with Gasteiger partial charge in [-0.05, 0) is 31.0 Å². The van der Waals surface area contributed by atoms with Crippen LogP contribution in [0.1, 0.15) is 37.0 Å². The van der Waals surface area contributed by atoms with Gasteiger partial charge in [-0.2, -0.15) is 0 Å². The predicted molar refractivity (Wildman–Crippen MR) is 92.2 cm³/mol. The Hall–Kier alpha value is -2.27. The van der Waals surface area contributed by atoms with E-state index in [0.717, 1.165) is 24.2 Å². The summed E-state index contributed by atoms with van der Waals surface area (Å²) in [5.74, 6) is 1.46. The van der Waals surface area contributed by atoms with Gasteiger partial charge in [0.1, 0.15) is 17.1 Å². The van der Waals surface area contributed by atoms with Crippen LogP contribution in [0.15, 0.2) is 47.1 Å². The molecule has 0 radical (unpaired) electrons. The maximum atomic E-state index is 13.0. The number of rotatable bonds is 4. The Kier molecular flexibility index (Phi) is 4.04. The first-order chi connectivity index (χ1) is 12.1. The van der Waals surface area contributed by atoms with Crippen LogP contribution in [0.25, 0.3) is 0 Å². The van der Waals surface area contributed by atoms with E-state index >= 15 is 0 Å². The third-order valence-corrected chi connectivity index (χ3v) is 5.57. The Morgan fingerprint density at radius 2 is 1.96 bits per heavy atom. The average Bonchev–Trinajstić information content (AvgIpc) is 3.23. The smallest absolute Gasteiger partial charge is 0.227 e. The van der Waals surface area contributed by atoms with Crippen molar-refractivity contribution in [3.63, 3.8) is 0 Å². The molecule has 2 saturated heterocycles. The number of amides is 1. The summed E-state index contributed by atoms with van der Waals surface area (Å²) in [5, 5.41) is 11.0. The first kappa shape index (κ1) is 16.2. The van der Waals surface area contributed by atoms with Crippen molar-refractivity contribution in [3.8, 4) is 5.75 Å². The predicted octanol–water partition coefficient (Wildman–Crippen LogP) is 2.87. The molecule has 0 saturated carbocycles. The van der Waals surface area contributed by atoms with E-state index < -0.39 is 5.60 Å². The zero-order chi connectivity index (χ0) is 17.4. The van der Waals surface area contributed by atoms with Crippen LogP contribution >= 0.6 is 0 Å². The maximum Gasteiger partial charge on any atom is 0.227 e. The third kappa shape index (κ3) is 2.82. The molecule has 1 aromatic carbocycles. The molecule has 2 fully saturated rings. The monoisotopic (exact) mass is 341 g/mol. The Balaban J connectivity index is 1.52. The van der Waals surface area contributed by atoms with Crippen LogP contribution in [-0.2, 0) is 16.8 Å². The highest BCUT2D eigenvalue weighted by molar-refractivity contribution is 5.80. The zero-order valence-corrected chi connectivity index (χ0v) is 14.4. The van der Waals surface area contributed by atoms with Crippen LogP contribution in [0.2, 0.25) is 0 Å². The number of hydrogen-bond acceptors (Lipinski definition) is 4. The van der Waals surface area contributed by atoms with Crippen molar-refractivity contribution in [1.82, 2.24) is 4.90 Å². The second-order valence-electron chi connectivity index (χ2n) is 7.09. The summed E-state index contributed by atoms with van der Waals surface area (Å²) in [5.41, 5.74) is -0.0578. The molecule has 3 heterocycles. The quantitative estimate of drug-likeness (QED) is 0.929. The molecule has 1 N–H and O–H groups in total. The molecule has 25 heavy (non-hydrogen) atoms. The Morgan fingerprint density at radius 1 is 1.24 bits per heavy atom. The van der Waals surface area contributed by atoms with Gasteiger partial charge in [-0.25, -0.2) is 0 Å². The maximum absolute atomic E-state index is 13.0. The summed E-state index contributed by atoms with van der Waals surface area (Å²) in [6, 6.07) is 11.4. The molecule has 0 spiro atoms. The largest absolute Gasteiger partial charge is 0.496 e. The molecule has 5 nitrogen and oxygen atoms in total. The molecule has 2 aliphatic rings. The van der Waals surface area contributed by atoms with Crippen molar-refractivity contribution in [2.24, 2.45) is 0 Å². The summed E-state index contributed by atoms with van der Waals surface area (Å²) in [6.07, 6.45) is 4.87. The second-order valence-corrected chi connectivity index (χ2v) is 7.09. The topological polar surface area (TPSA) is 62.9 Å². The van der Waals surface area contributed by atoms with E-state index in [-0.39, 0.29) is 18.0 Å². The first-order valence-corrected chi connectivity index (χ1v) is 8.80. The summed E-state index contributed by atoms with van der Waals surface area (Å²) < 4.78 is 10.8. The van der Waals surface area contributed by atoms with Crippen molar-refractivity contribution in [2.45, 2.75) is 49.8 Å². The van der Waals surface area contributed by atoms with Crippen molar-refractivity contribution >= 4 is 5.91 Å². The summed E-state index contributed by atoms with van der Waals surface area (Å²) in [7, 11) is 1.62. The van der Waals surface area contributed by atoms with Crippen LogP contribution in [0.5, 0.6) is 5.75 Å². The van der Waals surface area contributed by atoms with Gasteiger partial charge in [0.25, 0.3) is 0 Å². The van der Waals surface area contributed by atoms with Gasteiger partial charge in [-0.3, -0.25) is 4.79 Å². The Morgan fingerprint density at radius 3 is 2.60 bits per heavy atom. The van der Waals surface area contributed by atoms with Gasteiger partial charge in [0.05, 0.1) is 19.8 Å².